The summed E-state index contributed by atoms with van der Waals surface area (Å²) in [5, 5.41) is 2.76. The van der Waals surface area contributed by atoms with Crippen LogP contribution in [0.1, 0.15) is 42.1 Å². The standard InChI is InChI=1S/C28H30N2O4/c1-2-30(25-13-7-4-8-14-25)28(33)23-15-17-24(18-16-23)29-26(31)19-20-27(32)34-21-9-12-22-10-5-3-6-11-22/h3-8,10-11,13-18H,2,9,12,19-21H2,1H3,(H,29,31). The molecular formula is C28H30N2O4. The van der Waals surface area contributed by atoms with Crippen molar-refractivity contribution in [3.05, 3.63) is 96.1 Å². The van der Waals surface area contributed by atoms with Crippen LogP contribution in [0.4, 0.5) is 11.4 Å². The molecule has 0 atom stereocenters. The van der Waals surface area contributed by atoms with E-state index in [0.29, 0.717) is 24.4 Å². The molecule has 0 spiro atoms. The second-order valence-electron chi connectivity index (χ2n) is 7.82. The zero-order valence-corrected chi connectivity index (χ0v) is 19.4. The highest BCUT2D eigenvalue weighted by Crippen LogP contribution is 2.18. The number of ether oxygens (including phenoxy) is 1. The first-order chi connectivity index (χ1) is 16.6. The van der Waals surface area contributed by atoms with Crippen molar-refractivity contribution in [3.63, 3.8) is 0 Å². The van der Waals surface area contributed by atoms with Gasteiger partial charge >= 0.3 is 5.97 Å². The Kier molecular flexibility index (Phi) is 9.40. The normalized spacial score (nSPS) is 10.4. The van der Waals surface area contributed by atoms with Gasteiger partial charge in [-0.25, -0.2) is 0 Å². The van der Waals surface area contributed by atoms with Crippen LogP contribution in [0, 0.1) is 0 Å². The summed E-state index contributed by atoms with van der Waals surface area (Å²) in [5.74, 6) is -0.772. The van der Waals surface area contributed by atoms with E-state index in [1.807, 2.05) is 67.6 Å². The topological polar surface area (TPSA) is 75.7 Å². The van der Waals surface area contributed by atoms with Gasteiger partial charge in [-0.3, -0.25) is 14.4 Å². The predicted octanol–water partition coefficient (Wildman–Crippen LogP) is 5.25. The summed E-state index contributed by atoms with van der Waals surface area (Å²) >= 11 is 0. The number of hydrogen-bond donors (Lipinski definition) is 1. The Morgan fingerprint density at radius 3 is 2.12 bits per heavy atom. The number of anilines is 2. The predicted molar refractivity (Wildman–Crippen MR) is 134 cm³/mol. The summed E-state index contributed by atoms with van der Waals surface area (Å²) in [6, 6.07) is 26.2. The lowest BCUT2D eigenvalue weighted by molar-refractivity contribution is -0.144. The fraction of sp³-hybridized carbons (Fsp3) is 0.250. The molecular weight excluding hydrogens is 428 g/mol. The molecule has 176 valence electrons. The number of carbonyl (C=O) groups is 3. The number of nitrogens with one attached hydrogen (secondary N) is 1. The molecule has 2 amide bonds. The highest BCUT2D eigenvalue weighted by atomic mass is 16.5. The van der Waals surface area contributed by atoms with Gasteiger partial charge in [0, 0.05) is 29.9 Å². The Hall–Kier alpha value is -3.93. The van der Waals surface area contributed by atoms with Crippen LogP contribution in [0.5, 0.6) is 0 Å². The lowest BCUT2D eigenvalue weighted by Gasteiger charge is -2.21. The van der Waals surface area contributed by atoms with Crippen molar-refractivity contribution < 1.29 is 19.1 Å². The average Bonchev–Trinajstić information content (AvgIpc) is 2.87. The molecule has 6 heteroatoms. The number of hydrogen-bond acceptors (Lipinski definition) is 4. The van der Waals surface area contributed by atoms with Crippen molar-refractivity contribution in [2.45, 2.75) is 32.6 Å². The van der Waals surface area contributed by atoms with E-state index in [2.05, 4.69) is 5.32 Å². The summed E-state index contributed by atoms with van der Waals surface area (Å²) in [4.78, 5) is 38.6. The monoisotopic (exact) mass is 458 g/mol. The highest BCUT2D eigenvalue weighted by molar-refractivity contribution is 6.06. The summed E-state index contributed by atoms with van der Waals surface area (Å²) < 4.78 is 5.21. The maximum atomic E-state index is 12.9. The van der Waals surface area contributed by atoms with E-state index in [1.54, 1.807) is 29.2 Å². The van der Waals surface area contributed by atoms with Gasteiger partial charge in [-0.15, -0.1) is 0 Å². The Bertz CT molecular complexity index is 1070. The number of para-hydroxylation sites is 1. The van der Waals surface area contributed by atoms with E-state index in [0.717, 1.165) is 18.5 Å². The lowest BCUT2D eigenvalue weighted by atomic mass is 10.1. The van der Waals surface area contributed by atoms with E-state index in [4.69, 9.17) is 4.74 Å². The largest absolute Gasteiger partial charge is 0.466 e. The maximum absolute atomic E-state index is 12.9. The second kappa shape index (κ2) is 12.9. The molecule has 34 heavy (non-hydrogen) atoms. The third-order valence-corrected chi connectivity index (χ3v) is 5.32. The summed E-state index contributed by atoms with van der Waals surface area (Å²) in [6.07, 6.45) is 1.65. The molecule has 3 aromatic rings. The van der Waals surface area contributed by atoms with Gasteiger partial charge in [-0.1, -0.05) is 48.5 Å². The van der Waals surface area contributed by atoms with Crippen LogP contribution in [0.15, 0.2) is 84.9 Å². The van der Waals surface area contributed by atoms with Gasteiger partial charge in [-0.2, -0.15) is 0 Å². The van der Waals surface area contributed by atoms with Crippen LogP contribution >= 0.6 is 0 Å². The number of aryl methyl sites for hydroxylation is 1. The van der Waals surface area contributed by atoms with Crippen molar-refractivity contribution >= 4 is 29.2 Å². The Balaban J connectivity index is 1.40. The zero-order chi connectivity index (χ0) is 24.2. The van der Waals surface area contributed by atoms with Crippen molar-refractivity contribution in [1.82, 2.24) is 0 Å². The molecule has 0 aromatic heterocycles. The van der Waals surface area contributed by atoms with Gasteiger partial charge in [0.05, 0.1) is 13.0 Å². The fourth-order valence-corrected chi connectivity index (χ4v) is 3.52. The van der Waals surface area contributed by atoms with E-state index in [-0.39, 0.29) is 30.6 Å². The Labute approximate surface area is 200 Å². The number of benzene rings is 3. The van der Waals surface area contributed by atoms with Gasteiger partial charge in [-0.05, 0) is 61.7 Å². The van der Waals surface area contributed by atoms with Gasteiger partial charge in [0.2, 0.25) is 5.91 Å². The molecule has 0 radical (unpaired) electrons. The minimum absolute atomic E-state index is 0.0241. The molecule has 0 saturated heterocycles. The second-order valence-corrected chi connectivity index (χ2v) is 7.82. The van der Waals surface area contributed by atoms with E-state index in [1.165, 1.54) is 5.56 Å². The van der Waals surface area contributed by atoms with Gasteiger partial charge in [0.15, 0.2) is 0 Å². The van der Waals surface area contributed by atoms with Crippen LogP contribution < -0.4 is 10.2 Å². The first-order valence-electron chi connectivity index (χ1n) is 11.5. The molecule has 0 heterocycles. The van der Waals surface area contributed by atoms with Crippen molar-refractivity contribution in [2.75, 3.05) is 23.4 Å². The number of nitrogens with zero attached hydrogens (tertiary/aromatic N) is 1. The van der Waals surface area contributed by atoms with Gasteiger partial charge < -0.3 is 15.0 Å². The van der Waals surface area contributed by atoms with Crippen LogP contribution in [0.25, 0.3) is 0 Å². The van der Waals surface area contributed by atoms with E-state index in [9.17, 15) is 14.4 Å². The van der Waals surface area contributed by atoms with Gasteiger partial charge in [0.25, 0.3) is 5.91 Å². The molecule has 3 rings (SSSR count). The minimum Gasteiger partial charge on any atom is -0.466 e. The zero-order valence-electron chi connectivity index (χ0n) is 19.4. The molecule has 0 aliphatic rings. The van der Waals surface area contributed by atoms with Crippen molar-refractivity contribution in [2.24, 2.45) is 0 Å². The van der Waals surface area contributed by atoms with Crippen molar-refractivity contribution in [3.8, 4) is 0 Å². The molecule has 0 saturated carbocycles. The van der Waals surface area contributed by atoms with Crippen LogP contribution in [0.3, 0.4) is 0 Å². The molecule has 6 nitrogen and oxygen atoms in total. The average molecular weight is 459 g/mol. The number of carbonyl (C=O) groups excluding carboxylic acids is 3. The molecule has 0 fully saturated rings. The number of amides is 2. The SMILES string of the molecule is CCN(C(=O)c1ccc(NC(=O)CCC(=O)OCCCc2ccccc2)cc1)c1ccccc1. The Morgan fingerprint density at radius 2 is 1.47 bits per heavy atom. The quantitative estimate of drug-likeness (QED) is 0.315. The van der Waals surface area contributed by atoms with Crippen LogP contribution in [0.2, 0.25) is 0 Å². The van der Waals surface area contributed by atoms with Gasteiger partial charge in [0.1, 0.15) is 0 Å². The highest BCUT2D eigenvalue weighted by Gasteiger charge is 2.16. The molecule has 0 unspecified atom stereocenters. The Morgan fingerprint density at radius 1 is 0.824 bits per heavy atom. The first-order valence-corrected chi connectivity index (χ1v) is 11.5. The van der Waals surface area contributed by atoms with Crippen LogP contribution in [-0.2, 0) is 20.7 Å². The van der Waals surface area contributed by atoms with E-state index < -0.39 is 0 Å². The third kappa shape index (κ3) is 7.59. The smallest absolute Gasteiger partial charge is 0.306 e. The maximum Gasteiger partial charge on any atom is 0.306 e. The van der Waals surface area contributed by atoms with E-state index >= 15 is 0 Å². The first kappa shape index (κ1) is 24.7. The summed E-state index contributed by atoms with van der Waals surface area (Å²) in [6.45, 7) is 2.81. The molecule has 0 aliphatic heterocycles. The minimum atomic E-state index is -0.385. The number of rotatable bonds is 11. The number of esters is 1. The summed E-state index contributed by atoms with van der Waals surface area (Å²) in [7, 11) is 0. The molecule has 3 aromatic carbocycles. The lowest BCUT2D eigenvalue weighted by Crippen LogP contribution is -2.30. The molecule has 0 bridgehead atoms. The van der Waals surface area contributed by atoms with Crippen molar-refractivity contribution in [1.29, 1.82) is 0 Å². The third-order valence-electron chi connectivity index (χ3n) is 5.32. The fourth-order valence-electron chi connectivity index (χ4n) is 3.52. The van der Waals surface area contributed by atoms with Crippen LogP contribution in [-0.4, -0.2) is 30.9 Å². The molecule has 1 N–H and O–H groups in total. The molecule has 0 aliphatic carbocycles. The summed E-state index contributed by atoms with van der Waals surface area (Å²) in [5.41, 5.74) is 3.13.